The van der Waals surface area contributed by atoms with Gasteiger partial charge in [0, 0.05) is 22.8 Å². The van der Waals surface area contributed by atoms with Crippen molar-refractivity contribution in [3.8, 4) is 6.07 Å². The molecule has 0 N–H and O–H groups in total. The zero-order valence-corrected chi connectivity index (χ0v) is 12.4. The summed E-state index contributed by atoms with van der Waals surface area (Å²) in [4.78, 5) is 12.5. The predicted molar refractivity (Wildman–Crippen MR) is 81.6 cm³/mol. The second-order valence-electron chi connectivity index (χ2n) is 5.89. The molecule has 0 amide bonds. The average Bonchev–Trinajstić information content (AvgIpc) is 2.47. The molecule has 2 nitrogen and oxygen atoms in total. The summed E-state index contributed by atoms with van der Waals surface area (Å²) in [6, 6.07) is 9.67. The van der Waals surface area contributed by atoms with Crippen LogP contribution in [0.3, 0.4) is 0 Å². The lowest BCUT2D eigenvalue weighted by Gasteiger charge is -2.38. The van der Waals surface area contributed by atoms with Crippen molar-refractivity contribution in [1.82, 2.24) is 0 Å². The van der Waals surface area contributed by atoms with Crippen LogP contribution in [-0.4, -0.2) is 16.3 Å². The number of nitriles is 1. The van der Waals surface area contributed by atoms with Gasteiger partial charge in [-0.2, -0.15) is 17.0 Å². The average molecular weight is 285 g/mol. The van der Waals surface area contributed by atoms with E-state index in [2.05, 4.69) is 17.8 Å². The molecule has 2 fully saturated rings. The SMILES string of the molecule is N#Cc1ccccc1CC(=O)C1CC2CCCC(C1)S2. The van der Waals surface area contributed by atoms with Gasteiger partial charge in [0.15, 0.2) is 0 Å². The minimum absolute atomic E-state index is 0.221. The molecule has 2 unspecified atom stereocenters. The topological polar surface area (TPSA) is 40.9 Å². The van der Waals surface area contributed by atoms with Crippen LogP contribution in [0.15, 0.2) is 24.3 Å². The van der Waals surface area contributed by atoms with Crippen LogP contribution in [0.5, 0.6) is 0 Å². The molecule has 3 heteroatoms. The zero-order valence-electron chi connectivity index (χ0n) is 11.5. The summed E-state index contributed by atoms with van der Waals surface area (Å²) in [5.41, 5.74) is 1.54. The molecule has 2 aliphatic heterocycles. The molecule has 0 radical (unpaired) electrons. The number of rotatable bonds is 3. The minimum atomic E-state index is 0.221. The maximum Gasteiger partial charge on any atom is 0.140 e. The zero-order chi connectivity index (χ0) is 13.9. The summed E-state index contributed by atoms with van der Waals surface area (Å²) in [5.74, 6) is 0.559. The predicted octanol–water partition coefficient (Wildman–Crippen LogP) is 3.73. The maximum atomic E-state index is 12.5. The molecule has 104 valence electrons. The molecular weight excluding hydrogens is 266 g/mol. The molecule has 2 aliphatic rings. The third kappa shape index (κ3) is 2.91. The van der Waals surface area contributed by atoms with E-state index in [0.717, 1.165) is 18.4 Å². The number of thioether (sulfide) groups is 1. The van der Waals surface area contributed by atoms with E-state index < -0.39 is 0 Å². The maximum absolute atomic E-state index is 12.5. The number of hydrogen-bond acceptors (Lipinski definition) is 3. The molecule has 0 saturated carbocycles. The molecule has 20 heavy (non-hydrogen) atoms. The van der Waals surface area contributed by atoms with Gasteiger partial charge in [-0.25, -0.2) is 0 Å². The van der Waals surface area contributed by atoms with Gasteiger partial charge in [0.1, 0.15) is 5.78 Å². The van der Waals surface area contributed by atoms with Crippen molar-refractivity contribution in [3.63, 3.8) is 0 Å². The normalized spacial score (nSPS) is 28.6. The highest BCUT2D eigenvalue weighted by Crippen LogP contribution is 2.44. The van der Waals surface area contributed by atoms with Crippen molar-refractivity contribution >= 4 is 17.5 Å². The second kappa shape index (κ2) is 6.01. The number of carbonyl (C=O) groups excluding carboxylic acids is 1. The van der Waals surface area contributed by atoms with Crippen molar-refractivity contribution in [2.45, 2.75) is 49.0 Å². The Hall–Kier alpha value is -1.27. The second-order valence-corrected chi connectivity index (χ2v) is 7.50. The molecule has 0 aliphatic carbocycles. The van der Waals surface area contributed by atoms with Crippen LogP contribution < -0.4 is 0 Å². The largest absolute Gasteiger partial charge is 0.299 e. The van der Waals surface area contributed by atoms with Gasteiger partial charge in [-0.15, -0.1) is 0 Å². The fourth-order valence-electron chi connectivity index (χ4n) is 3.44. The van der Waals surface area contributed by atoms with Gasteiger partial charge in [-0.05, 0) is 37.3 Å². The van der Waals surface area contributed by atoms with Crippen LogP contribution in [0.1, 0.15) is 43.2 Å². The number of benzene rings is 1. The van der Waals surface area contributed by atoms with Crippen molar-refractivity contribution in [1.29, 1.82) is 5.26 Å². The van der Waals surface area contributed by atoms with Crippen LogP contribution in [0, 0.1) is 17.2 Å². The third-order valence-corrected chi connectivity index (χ3v) is 6.12. The van der Waals surface area contributed by atoms with Crippen LogP contribution in [0.25, 0.3) is 0 Å². The molecule has 1 aromatic carbocycles. The Kier molecular flexibility index (Phi) is 4.12. The van der Waals surface area contributed by atoms with Crippen molar-refractivity contribution in [2.75, 3.05) is 0 Å². The Bertz CT molecular complexity index is 536. The molecule has 2 heterocycles. The van der Waals surface area contributed by atoms with Crippen LogP contribution in [0.4, 0.5) is 0 Å². The quantitative estimate of drug-likeness (QED) is 0.849. The van der Waals surface area contributed by atoms with Gasteiger partial charge in [0.2, 0.25) is 0 Å². The molecular formula is C17H19NOS. The lowest BCUT2D eigenvalue weighted by Crippen LogP contribution is -2.33. The molecule has 2 atom stereocenters. The first-order valence-corrected chi connectivity index (χ1v) is 8.36. The molecule has 1 aromatic rings. The lowest BCUT2D eigenvalue weighted by molar-refractivity contribution is -0.122. The molecule has 2 saturated heterocycles. The van der Waals surface area contributed by atoms with E-state index >= 15 is 0 Å². The van der Waals surface area contributed by atoms with Crippen LogP contribution >= 0.6 is 11.8 Å². The number of Topliss-reactive ketones (excluding diaryl/α,β-unsaturated/α-hetero) is 1. The van der Waals surface area contributed by atoms with Crippen molar-refractivity contribution in [2.24, 2.45) is 5.92 Å². The van der Waals surface area contributed by atoms with Crippen molar-refractivity contribution < 1.29 is 4.79 Å². The molecule has 2 bridgehead atoms. The van der Waals surface area contributed by atoms with E-state index in [1.165, 1.54) is 19.3 Å². The Morgan fingerprint density at radius 2 is 1.95 bits per heavy atom. The van der Waals surface area contributed by atoms with Gasteiger partial charge in [-0.1, -0.05) is 24.6 Å². The molecule has 3 rings (SSSR count). The molecule has 0 aromatic heterocycles. The van der Waals surface area contributed by atoms with E-state index in [0.29, 0.717) is 28.3 Å². The molecule has 0 spiro atoms. The minimum Gasteiger partial charge on any atom is -0.299 e. The summed E-state index contributed by atoms with van der Waals surface area (Å²) >= 11 is 2.10. The summed E-state index contributed by atoms with van der Waals surface area (Å²) < 4.78 is 0. The van der Waals surface area contributed by atoms with Gasteiger partial charge >= 0.3 is 0 Å². The smallest absolute Gasteiger partial charge is 0.140 e. The van der Waals surface area contributed by atoms with Gasteiger partial charge < -0.3 is 0 Å². The summed E-state index contributed by atoms with van der Waals surface area (Å²) in [7, 11) is 0. The Labute approximate surface area is 124 Å². The lowest BCUT2D eigenvalue weighted by atomic mass is 9.84. The summed E-state index contributed by atoms with van der Waals surface area (Å²) in [6.07, 6.45) is 6.42. The highest BCUT2D eigenvalue weighted by molar-refractivity contribution is 8.00. The first-order chi connectivity index (χ1) is 9.76. The first kappa shape index (κ1) is 13.7. The van der Waals surface area contributed by atoms with E-state index in [4.69, 9.17) is 5.26 Å². The fraction of sp³-hybridized carbons (Fsp3) is 0.529. The summed E-state index contributed by atoms with van der Waals surface area (Å²) in [5, 5.41) is 10.5. The first-order valence-electron chi connectivity index (χ1n) is 7.42. The van der Waals surface area contributed by atoms with E-state index in [1.54, 1.807) is 6.07 Å². The Balaban J connectivity index is 1.69. The third-order valence-electron chi connectivity index (χ3n) is 4.49. The number of carbonyl (C=O) groups is 1. The summed E-state index contributed by atoms with van der Waals surface area (Å²) in [6.45, 7) is 0. The van der Waals surface area contributed by atoms with Gasteiger partial charge in [0.05, 0.1) is 11.6 Å². The Morgan fingerprint density at radius 3 is 2.65 bits per heavy atom. The number of fused-ring (bicyclic) bond motifs is 2. The van der Waals surface area contributed by atoms with E-state index in [1.807, 2.05) is 18.2 Å². The van der Waals surface area contributed by atoms with Gasteiger partial charge in [0.25, 0.3) is 0 Å². The van der Waals surface area contributed by atoms with E-state index in [9.17, 15) is 4.79 Å². The Morgan fingerprint density at radius 1 is 1.25 bits per heavy atom. The van der Waals surface area contributed by atoms with E-state index in [-0.39, 0.29) is 5.92 Å². The number of hydrogen-bond donors (Lipinski definition) is 0. The monoisotopic (exact) mass is 285 g/mol. The number of ketones is 1. The van der Waals surface area contributed by atoms with Crippen molar-refractivity contribution in [3.05, 3.63) is 35.4 Å². The standard InChI is InChI=1S/C17H19NOS/c18-11-13-5-2-1-4-12(13)10-17(19)14-8-15-6-3-7-16(9-14)20-15/h1-2,4-5,14-16H,3,6-10H2. The highest BCUT2D eigenvalue weighted by atomic mass is 32.2. The van der Waals surface area contributed by atoms with Gasteiger partial charge in [-0.3, -0.25) is 4.79 Å². The van der Waals surface area contributed by atoms with Crippen LogP contribution in [0.2, 0.25) is 0 Å². The number of nitrogens with zero attached hydrogens (tertiary/aromatic N) is 1. The highest BCUT2D eigenvalue weighted by Gasteiger charge is 2.35. The van der Waals surface area contributed by atoms with Crippen LogP contribution in [-0.2, 0) is 11.2 Å². The fourth-order valence-corrected chi connectivity index (χ4v) is 5.27.